The van der Waals surface area contributed by atoms with Crippen molar-refractivity contribution in [1.82, 2.24) is 30.2 Å². The van der Waals surface area contributed by atoms with E-state index in [1.165, 1.54) is 35.0 Å². The number of carbonyl (C=O) groups excluding carboxylic acids is 2. The van der Waals surface area contributed by atoms with E-state index in [2.05, 4.69) is 35.9 Å². The summed E-state index contributed by atoms with van der Waals surface area (Å²) in [5, 5.41) is 13.3. The average molecular weight is 428 g/mol. The molecule has 0 unspecified atom stereocenters. The van der Waals surface area contributed by atoms with Crippen LogP contribution < -0.4 is 26.4 Å². The normalized spacial score (nSPS) is 14.0. The minimum absolute atomic E-state index is 0.130. The molecule has 4 heterocycles. The van der Waals surface area contributed by atoms with Gasteiger partial charge in [0.15, 0.2) is 0 Å². The molecular formula is C18H20N8O3S. The summed E-state index contributed by atoms with van der Waals surface area (Å²) >= 11 is 1.27. The molecular weight excluding hydrogens is 408 g/mol. The van der Waals surface area contributed by atoms with Gasteiger partial charge in [-0.25, -0.2) is 4.98 Å². The highest BCUT2D eigenvalue weighted by atomic mass is 32.1. The molecule has 11 nitrogen and oxygen atoms in total. The second-order valence-corrected chi connectivity index (χ2v) is 7.67. The molecule has 12 heteroatoms. The van der Waals surface area contributed by atoms with Crippen LogP contribution in [-0.2, 0) is 9.59 Å². The van der Waals surface area contributed by atoms with Crippen molar-refractivity contribution in [2.45, 2.75) is 6.92 Å². The number of anilines is 2. The van der Waals surface area contributed by atoms with Crippen LogP contribution in [0.4, 0.5) is 11.5 Å². The summed E-state index contributed by atoms with van der Waals surface area (Å²) in [5.74, 6) is -0.00885. The van der Waals surface area contributed by atoms with E-state index in [-0.39, 0.29) is 23.9 Å². The number of nitrogens with zero attached hydrogens (tertiary/aromatic N) is 5. The van der Waals surface area contributed by atoms with Crippen LogP contribution in [0.1, 0.15) is 6.92 Å². The van der Waals surface area contributed by atoms with E-state index in [0.29, 0.717) is 27.0 Å². The first-order valence-electron chi connectivity index (χ1n) is 9.36. The number of hydrogen-bond acceptors (Lipinski definition) is 9. The standard InChI is InChI=1S/C18H20N8O3S/c1-11(27)21-10-15(28)22-13-6-12(8-20-9-13)17-24-26-16(29)7-14(23-18(26)30-17)25-4-2-19-3-5-25/h6-9,19H,2-5,10H2,1H3,(H,21,27)(H,22,28). The summed E-state index contributed by atoms with van der Waals surface area (Å²) < 4.78 is 1.27. The third-order valence-corrected chi connectivity index (χ3v) is 5.40. The van der Waals surface area contributed by atoms with Gasteiger partial charge in [-0.2, -0.15) is 9.61 Å². The van der Waals surface area contributed by atoms with Crippen LogP contribution in [0.25, 0.3) is 15.5 Å². The van der Waals surface area contributed by atoms with E-state index < -0.39 is 0 Å². The van der Waals surface area contributed by atoms with Crippen molar-refractivity contribution in [2.75, 3.05) is 42.9 Å². The number of aromatic nitrogens is 4. The molecule has 3 aromatic heterocycles. The van der Waals surface area contributed by atoms with Gasteiger partial charge in [-0.05, 0) is 6.07 Å². The van der Waals surface area contributed by atoms with Gasteiger partial charge < -0.3 is 20.9 Å². The first-order valence-corrected chi connectivity index (χ1v) is 10.2. The Hall–Kier alpha value is -3.38. The van der Waals surface area contributed by atoms with Crippen molar-refractivity contribution >= 4 is 39.6 Å². The van der Waals surface area contributed by atoms with Crippen molar-refractivity contribution in [3.05, 3.63) is 34.9 Å². The molecule has 1 aliphatic heterocycles. The Morgan fingerprint density at radius 3 is 2.80 bits per heavy atom. The molecule has 0 atom stereocenters. The second kappa shape index (κ2) is 8.55. The summed E-state index contributed by atoms with van der Waals surface area (Å²) in [6.07, 6.45) is 3.10. The van der Waals surface area contributed by atoms with Gasteiger partial charge in [0.1, 0.15) is 10.8 Å². The molecule has 1 fully saturated rings. The van der Waals surface area contributed by atoms with E-state index in [1.807, 2.05) is 0 Å². The Morgan fingerprint density at radius 1 is 1.23 bits per heavy atom. The molecule has 0 spiro atoms. The molecule has 0 bridgehead atoms. The number of fused-ring (bicyclic) bond motifs is 1. The van der Waals surface area contributed by atoms with Gasteiger partial charge in [0.05, 0.1) is 18.4 Å². The molecule has 3 aromatic rings. The van der Waals surface area contributed by atoms with Crippen molar-refractivity contribution in [3.8, 4) is 10.6 Å². The monoisotopic (exact) mass is 428 g/mol. The Morgan fingerprint density at radius 2 is 2.03 bits per heavy atom. The summed E-state index contributed by atoms with van der Waals surface area (Å²) in [7, 11) is 0. The van der Waals surface area contributed by atoms with Gasteiger partial charge >= 0.3 is 0 Å². The molecule has 0 aromatic carbocycles. The van der Waals surface area contributed by atoms with E-state index >= 15 is 0 Å². The van der Waals surface area contributed by atoms with Crippen LogP contribution in [0, 0.1) is 0 Å². The zero-order chi connectivity index (χ0) is 21.1. The minimum Gasteiger partial charge on any atom is -0.354 e. The lowest BCUT2D eigenvalue weighted by Crippen LogP contribution is -2.44. The maximum Gasteiger partial charge on any atom is 0.277 e. The highest BCUT2D eigenvalue weighted by Crippen LogP contribution is 2.26. The zero-order valence-electron chi connectivity index (χ0n) is 16.2. The van der Waals surface area contributed by atoms with E-state index in [9.17, 15) is 14.4 Å². The molecule has 3 N–H and O–H groups in total. The number of carbonyl (C=O) groups is 2. The molecule has 0 aliphatic carbocycles. The van der Waals surface area contributed by atoms with Crippen molar-refractivity contribution < 1.29 is 9.59 Å². The van der Waals surface area contributed by atoms with Gasteiger partial charge in [0.2, 0.25) is 16.8 Å². The van der Waals surface area contributed by atoms with Crippen LogP contribution in [0.3, 0.4) is 0 Å². The van der Waals surface area contributed by atoms with Gasteiger partial charge in [-0.1, -0.05) is 11.3 Å². The second-order valence-electron chi connectivity index (χ2n) is 6.71. The van der Waals surface area contributed by atoms with Crippen LogP contribution in [0.15, 0.2) is 29.3 Å². The fraction of sp³-hybridized carbons (Fsp3) is 0.333. The zero-order valence-corrected chi connectivity index (χ0v) is 17.0. The average Bonchev–Trinajstić information content (AvgIpc) is 3.18. The van der Waals surface area contributed by atoms with Crippen LogP contribution >= 0.6 is 11.3 Å². The van der Waals surface area contributed by atoms with Crippen molar-refractivity contribution in [1.29, 1.82) is 0 Å². The van der Waals surface area contributed by atoms with Crippen LogP contribution in [0.5, 0.6) is 0 Å². The molecule has 1 aliphatic rings. The summed E-state index contributed by atoms with van der Waals surface area (Å²) in [4.78, 5) is 46.7. The number of amides is 2. The van der Waals surface area contributed by atoms with E-state index in [4.69, 9.17) is 0 Å². The maximum absolute atomic E-state index is 12.5. The van der Waals surface area contributed by atoms with Crippen LogP contribution in [0.2, 0.25) is 0 Å². The van der Waals surface area contributed by atoms with E-state index in [0.717, 1.165) is 26.2 Å². The lowest BCUT2D eigenvalue weighted by Gasteiger charge is -2.27. The number of pyridine rings is 1. The summed E-state index contributed by atoms with van der Waals surface area (Å²) in [6, 6.07) is 3.21. The largest absolute Gasteiger partial charge is 0.354 e. The van der Waals surface area contributed by atoms with Crippen LogP contribution in [-0.4, -0.2) is 64.1 Å². The lowest BCUT2D eigenvalue weighted by atomic mass is 10.3. The van der Waals surface area contributed by atoms with Gasteiger partial charge in [0, 0.05) is 50.9 Å². The Balaban J connectivity index is 1.58. The van der Waals surface area contributed by atoms with Crippen molar-refractivity contribution in [3.63, 3.8) is 0 Å². The molecule has 1 saturated heterocycles. The predicted molar refractivity (Wildman–Crippen MR) is 113 cm³/mol. The van der Waals surface area contributed by atoms with Gasteiger partial charge in [0.25, 0.3) is 5.56 Å². The molecule has 0 saturated carbocycles. The number of hydrogen-bond donors (Lipinski definition) is 3. The number of rotatable bonds is 5. The quantitative estimate of drug-likeness (QED) is 0.504. The predicted octanol–water partition coefficient (Wildman–Crippen LogP) is -0.303. The smallest absolute Gasteiger partial charge is 0.277 e. The first kappa shape index (κ1) is 19.9. The summed E-state index contributed by atoms with van der Waals surface area (Å²) in [5.41, 5.74) is 0.860. The van der Waals surface area contributed by atoms with Gasteiger partial charge in [-0.15, -0.1) is 0 Å². The fourth-order valence-corrected chi connectivity index (χ4v) is 3.89. The molecule has 4 rings (SSSR count). The highest BCUT2D eigenvalue weighted by Gasteiger charge is 2.16. The molecule has 2 amide bonds. The third-order valence-electron chi connectivity index (χ3n) is 4.44. The Bertz CT molecular complexity index is 1150. The topological polar surface area (TPSA) is 134 Å². The summed E-state index contributed by atoms with van der Waals surface area (Å²) in [6.45, 7) is 4.49. The highest BCUT2D eigenvalue weighted by molar-refractivity contribution is 7.19. The lowest BCUT2D eigenvalue weighted by molar-refractivity contribution is -0.122. The number of piperazine rings is 1. The Labute approximate surface area is 175 Å². The SMILES string of the molecule is CC(=O)NCC(=O)Nc1cncc(-c2nn3c(=O)cc(N4CCNCC4)nc3s2)c1. The third kappa shape index (κ3) is 4.44. The minimum atomic E-state index is -0.369. The first-order chi connectivity index (χ1) is 14.5. The van der Waals surface area contributed by atoms with Crippen molar-refractivity contribution in [2.24, 2.45) is 0 Å². The maximum atomic E-state index is 12.5. The number of nitrogens with one attached hydrogen (secondary N) is 3. The Kier molecular flexibility index (Phi) is 5.68. The van der Waals surface area contributed by atoms with E-state index in [1.54, 1.807) is 12.3 Å². The van der Waals surface area contributed by atoms with Gasteiger partial charge in [-0.3, -0.25) is 19.4 Å². The molecule has 30 heavy (non-hydrogen) atoms. The fourth-order valence-electron chi connectivity index (χ4n) is 3.01. The molecule has 0 radical (unpaired) electrons. The molecule has 156 valence electrons.